The van der Waals surface area contributed by atoms with Crippen molar-refractivity contribution in [2.75, 3.05) is 19.3 Å². The van der Waals surface area contributed by atoms with Gasteiger partial charge in [0.15, 0.2) is 0 Å². The number of nitrogen functional groups attached to an aromatic ring is 1. The Balaban J connectivity index is 3.00. The van der Waals surface area contributed by atoms with Gasteiger partial charge in [-0.3, -0.25) is 0 Å². The van der Waals surface area contributed by atoms with Gasteiger partial charge in [-0.15, -0.1) is 0 Å². The molecule has 4 N–H and O–H groups in total. The zero-order valence-electron chi connectivity index (χ0n) is 9.08. The number of hydrogen-bond donors (Lipinski definition) is 3. The van der Waals surface area contributed by atoms with Crippen LogP contribution in [-0.2, 0) is 0 Å². The van der Waals surface area contributed by atoms with Crippen molar-refractivity contribution in [3.63, 3.8) is 0 Å². The summed E-state index contributed by atoms with van der Waals surface area (Å²) in [6, 6.07) is 4.76. The Labute approximate surface area is 94.5 Å². The van der Waals surface area contributed by atoms with E-state index in [-0.39, 0.29) is 5.56 Å². The lowest BCUT2D eigenvalue weighted by atomic mass is 10.1. The molecule has 1 aromatic carbocycles. The van der Waals surface area contributed by atoms with Gasteiger partial charge < -0.3 is 16.2 Å². The molecule has 4 heteroatoms. The fourth-order valence-corrected chi connectivity index (χ4v) is 1.23. The summed E-state index contributed by atoms with van der Waals surface area (Å²) in [5, 5.41) is 11.9. The monoisotopic (exact) mass is 218 g/mol. The van der Waals surface area contributed by atoms with Crippen molar-refractivity contribution in [1.29, 1.82) is 0 Å². The third kappa shape index (κ3) is 3.01. The summed E-state index contributed by atoms with van der Waals surface area (Å²) < 4.78 is 0. The van der Waals surface area contributed by atoms with Crippen LogP contribution < -0.4 is 11.1 Å². The minimum Gasteiger partial charge on any atom is -0.478 e. The van der Waals surface area contributed by atoms with Gasteiger partial charge in [-0.2, -0.15) is 0 Å². The minimum absolute atomic E-state index is 0.150. The van der Waals surface area contributed by atoms with Crippen LogP contribution in [0.4, 0.5) is 5.69 Å². The van der Waals surface area contributed by atoms with Crippen molar-refractivity contribution < 1.29 is 9.90 Å². The molecule has 0 bridgehead atoms. The molecule has 0 atom stereocenters. The number of nitrogens with two attached hydrogens (primary N) is 1. The molecule has 0 saturated carbocycles. The highest BCUT2D eigenvalue weighted by molar-refractivity contribution is 5.92. The molecule has 16 heavy (non-hydrogen) atoms. The SMILES string of the molecule is CNCCC#Cc1c(N)cccc1C(=O)O. The third-order valence-corrected chi connectivity index (χ3v) is 2.04. The Bertz CT molecular complexity index is 444. The molecule has 0 aliphatic rings. The summed E-state index contributed by atoms with van der Waals surface area (Å²) in [6.07, 6.45) is 0.657. The lowest BCUT2D eigenvalue weighted by Gasteiger charge is -2.02. The molecule has 0 amide bonds. The predicted molar refractivity (Wildman–Crippen MR) is 63.2 cm³/mol. The quantitative estimate of drug-likeness (QED) is 0.401. The zero-order chi connectivity index (χ0) is 12.0. The Kier molecular flexibility index (Phi) is 4.37. The van der Waals surface area contributed by atoms with Gasteiger partial charge in [-0.25, -0.2) is 4.79 Å². The summed E-state index contributed by atoms with van der Waals surface area (Å²) in [5.41, 5.74) is 6.64. The van der Waals surface area contributed by atoms with Crippen LogP contribution in [0.2, 0.25) is 0 Å². The normalized spacial score (nSPS) is 9.31. The van der Waals surface area contributed by atoms with E-state index in [0.29, 0.717) is 17.7 Å². The maximum Gasteiger partial charge on any atom is 0.337 e. The fourth-order valence-electron chi connectivity index (χ4n) is 1.23. The number of carboxylic acids is 1. The molecule has 0 aliphatic heterocycles. The van der Waals surface area contributed by atoms with E-state index < -0.39 is 5.97 Å². The van der Waals surface area contributed by atoms with E-state index in [4.69, 9.17) is 10.8 Å². The van der Waals surface area contributed by atoms with Crippen LogP contribution in [0.25, 0.3) is 0 Å². The molecule has 0 spiro atoms. The smallest absolute Gasteiger partial charge is 0.337 e. The molecular formula is C12H14N2O2. The van der Waals surface area contributed by atoms with Crippen LogP contribution in [0.3, 0.4) is 0 Å². The third-order valence-electron chi connectivity index (χ3n) is 2.04. The molecule has 0 fully saturated rings. The van der Waals surface area contributed by atoms with Crippen LogP contribution in [0.15, 0.2) is 18.2 Å². The van der Waals surface area contributed by atoms with E-state index in [1.807, 2.05) is 7.05 Å². The van der Waals surface area contributed by atoms with E-state index in [1.54, 1.807) is 12.1 Å². The van der Waals surface area contributed by atoms with E-state index >= 15 is 0 Å². The highest BCUT2D eigenvalue weighted by Crippen LogP contribution is 2.15. The van der Waals surface area contributed by atoms with Crippen LogP contribution in [0.5, 0.6) is 0 Å². The van der Waals surface area contributed by atoms with Crippen molar-refractivity contribution in [2.45, 2.75) is 6.42 Å². The lowest BCUT2D eigenvalue weighted by Crippen LogP contribution is -2.06. The molecule has 0 aliphatic carbocycles. The van der Waals surface area contributed by atoms with Crippen LogP contribution >= 0.6 is 0 Å². The molecule has 0 unspecified atom stereocenters. The van der Waals surface area contributed by atoms with Crippen molar-refractivity contribution in [3.8, 4) is 11.8 Å². The second-order valence-corrected chi connectivity index (χ2v) is 3.23. The van der Waals surface area contributed by atoms with Crippen molar-refractivity contribution >= 4 is 11.7 Å². The maximum absolute atomic E-state index is 10.9. The number of hydrogen-bond acceptors (Lipinski definition) is 3. The maximum atomic E-state index is 10.9. The fraction of sp³-hybridized carbons (Fsp3) is 0.250. The number of rotatable bonds is 3. The second-order valence-electron chi connectivity index (χ2n) is 3.23. The Hall–Kier alpha value is -1.99. The highest BCUT2D eigenvalue weighted by atomic mass is 16.4. The first-order chi connectivity index (χ1) is 7.66. The van der Waals surface area contributed by atoms with Gasteiger partial charge >= 0.3 is 5.97 Å². The van der Waals surface area contributed by atoms with Gasteiger partial charge in [0.1, 0.15) is 0 Å². The Morgan fingerprint density at radius 2 is 2.31 bits per heavy atom. The standard InChI is InChI=1S/C12H14N2O2/c1-14-8-3-2-5-9-10(12(15)16)6-4-7-11(9)13/h4,6-7,14H,3,8,13H2,1H3,(H,15,16). The van der Waals surface area contributed by atoms with Crippen molar-refractivity contribution in [1.82, 2.24) is 5.32 Å². The first kappa shape index (κ1) is 12.1. The zero-order valence-corrected chi connectivity index (χ0v) is 9.08. The molecule has 0 heterocycles. The average Bonchev–Trinajstić information content (AvgIpc) is 2.25. The number of carboxylic acid groups (broad SMARTS) is 1. The van der Waals surface area contributed by atoms with Crippen LogP contribution in [0.1, 0.15) is 22.3 Å². The Morgan fingerprint density at radius 1 is 1.56 bits per heavy atom. The average molecular weight is 218 g/mol. The summed E-state index contributed by atoms with van der Waals surface area (Å²) in [4.78, 5) is 10.9. The summed E-state index contributed by atoms with van der Waals surface area (Å²) >= 11 is 0. The van der Waals surface area contributed by atoms with Crippen molar-refractivity contribution in [3.05, 3.63) is 29.3 Å². The molecule has 0 radical (unpaired) electrons. The van der Waals surface area contributed by atoms with Crippen molar-refractivity contribution in [2.24, 2.45) is 0 Å². The van der Waals surface area contributed by atoms with Gasteiger partial charge in [-0.1, -0.05) is 17.9 Å². The van der Waals surface area contributed by atoms with Crippen LogP contribution in [-0.4, -0.2) is 24.7 Å². The topological polar surface area (TPSA) is 75.3 Å². The summed E-state index contributed by atoms with van der Waals surface area (Å²) in [6.45, 7) is 0.766. The lowest BCUT2D eigenvalue weighted by molar-refractivity contribution is 0.0696. The minimum atomic E-state index is -1.01. The number of anilines is 1. The molecule has 0 saturated heterocycles. The molecular weight excluding hydrogens is 204 g/mol. The summed E-state index contributed by atoms with van der Waals surface area (Å²) in [7, 11) is 1.83. The van der Waals surface area contributed by atoms with Gasteiger partial charge in [0.25, 0.3) is 0 Å². The molecule has 1 rings (SSSR count). The summed E-state index contributed by atoms with van der Waals surface area (Å²) in [5.74, 6) is 4.68. The number of nitrogens with one attached hydrogen (secondary N) is 1. The second kappa shape index (κ2) is 5.79. The molecule has 4 nitrogen and oxygen atoms in total. The first-order valence-corrected chi connectivity index (χ1v) is 4.92. The van der Waals surface area contributed by atoms with E-state index in [2.05, 4.69) is 17.2 Å². The van der Waals surface area contributed by atoms with E-state index in [0.717, 1.165) is 6.54 Å². The van der Waals surface area contributed by atoms with Gasteiger partial charge in [0.2, 0.25) is 0 Å². The molecule has 1 aromatic rings. The van der Waals surface area contributed by atoms with E-state index in [9.17, 15) is 4.79 Å². The number of benzene rings is 1. The predicted octanol–water partition coefficient (Wildman–Crippen LogP) is 0.928. The first-order valence-electron chi connectivity index (χ1n) is 4.92. The Morgan fingerprint density at radius 3 is 2.94 bits per heavy atom. The van der Waals surface area contributed by atoms with Gasteiger partial charge in [-0.05, 0) is 19.2 Å². The number of carbonyl (C=O) groups is 1. The largest absolute Gasteiger partial charge is 0.478 e. The highest BCUT2D eigenvalue weighted by Gasteiger charge is 2.09. The van der Waals surface area contributed by atoms with Crippen LogP contribution in [0, 0.1) is 11.8 Å². The molecule has 84 valence electrons. The van der Waals surface area contributed by atoms with Gasteiger partial charge in [0.05, 0.1) is 11.1 Å². The number of aromatic carboxylic acids is 1. The van der Waals surface area contributed by atoms with Gasteiger partial charge in [0, 0.05) is 18.7 Å². The van der Waals surface area contributed by atoms with E-state index in [1.165, 1.54) is 6.07 Å². The molecule has 0 aromatic heterocycles.